The molecule has 0 amide bonds. The summed E-state index contributed by atoms with van der Waals surface area (Å²) in [7, 11) is 0. The minimum atomic E-state index is -0.0928. The molecule has 13 heavy (non-hydrogen) atoms. The molecule has 0 aliphatic carbocycles. The van der Waals surface area contributed by atoms with Crippen LogP contribution in [0.25, 0.3) is 0 Å². The lowest BCUT2D eigenvalue weighted by molar-refractivity contribution is 0.484. The van der Waals surface area contributed by atoms with Gasteiger partial charge in [-0.2, -0.15) is 0 Å². The van der Waals surface area contributed by atoms with Crippen molar-refractivity contribution in [3.8, 4) is 0 Å². The average molecular weight is 182 g/mol. The molecule has 0 radical (unpaired) electrons. The van der Waals surface area contributed by atoms with Gasteiger partial charge in [0, 0.05) is 13.0 Å². The highest BCUT2D eigenvalue weighted by atomic mass is 16.1. The molecule has 0 saturated heterocycles. The maximum Gasteiger partial charge on any atom is 0.290 e. The van der Waals surface area contributed by atoms with E-state index in [0.29, 0.717) is 12.2 Å². The predicted molar refractivity (Wildman–Crippen MR) is 50.3 cm³/mol. The molecule has 1 aliphatic rings. The fraction of sp³-hybridized carbons (Fsp3) is 0.625. The molecule has 0 spiro atoms. The second kappa shape index (κ2) is 2.63. The quantitative estimate of drug-likeness (QED) is 0.623. The molecule has 0 aromatic carbocycles. The molecule has 0 fully saturated rings. The van der Waals surface area contributed by atoms with Gasteiger partial charge in [-0.1, -0.05) is 6.92 Å². The Kier molecular flexibility index (Phi) is 1.69. The minimum Gasteiger partial charge on any atom is -0.393 e. The molecule has 2 rings (SSSR count). The average Bonchev–Trinajstić information content (AvgIpc) is 2.58. The lowest BCUT2D eigenvalue weighted by Crippen LogP contribution is -2.21. The summed E-state index contributed by atoms with van der Waals surface area (Å²) in [5.74, 6) is 0. The zero-order chi connectivity index (χ0) is 9.59. The van der Waals surface area contributed by atoms with Crippen LogP contribution in [0.2, 0.25) is 0 Å². The molecule has 0 bridgehead atoms. The molecular weight excluding hydrogens is 168 g/mol. The second-order valence-corrected chi connectivity index (χ2v) is 3.34. The van der Waals surface area contributed by atoms with Crippen molar-refractivity contribution in [1.29, 1.82) is 0 Å². The van der Waals surface area contributed by atoms with Gasteiger partial charge in [-0.05, 0) is 6.42 Å². The van der Waals surface area contributed by atoms with Crippen LogP contribution in [0, 0.1) is 0 Å². The maximum absolute atomic E-state index is 11.5. The van der Waals surface area contributed by atoms with E-state index in [1.807, 2.05) is 11.6 Å². The normalized spacial score (nSPS) is 20.6. The summed E-state index contributed by atoms with van der Waals surface area (Å²) in [5.41, 5.74) is 12.7. The van der Waals surface area contributed by atoms with Crippen LogP contribution in [0.5, 0.6) is 0 Å². The van der Waals surface area contributed by atoms with Gasteiger partial charge in [0.1, 0.15) is 5.69 Å². The van der Waals surface area contributed by atoms with E-state index in [-0.39, 0.29) is 11.7 Å². The summed E-state index contributed by atoms with van der Waals surface area (Å²) in [6.07, 6.45) is 1.49. The third kappa shape index (κ3) is 0.935. The third-order valence-corrected chi connectivity index (χ3v) is 2.60. The number of nitrogens with zero attached hydrogens (tertiary/aromatic N) is 2. The highest BCUT2D eigenvalue weighted by molar-refractivity contribution is 5.42. The summed E-state index contributed by atoms with van der Waals surface area (Å²) in [6, 6.07) is 0. The SMILES string of the molecule is CCc1c(N)c(=O)n2n1C(N)CC2. The van der Waals surface area contributed by atoms with Crippen LogP contribution in [-0.2, 0) is 13.0 Å². The highest BCUT2D eigenvalue weighted by Gasteiger charge is 2.25. The summed E-state index contributed by atoms with van der Waals surface area (Å²) in [5, 5.41) is 0. The third-order valence-electron chi connectivity index (χ3n) is 2.60. The van der Waals surface area contributed by atoms with Crippen molar-refractivity contribution in [2.24, 2.45) is 5.73 Å². The fourth-order valence-electron chi connectivity index (χ4n) is 1.95. The minimum absolute atomic E-state index is 0.0834. The van der Waals surface area contributed by atoms with Crippen molar-refractivity contribution in [3.63, 3.8) is 0 Å². The lowest BCUT2D eigenvalue weighted by atomic mass is 10.2. The van der Waals surface area contributed by atoms with Gasteiger partial charge in [-0.25, -0.2) is 4.68 Å². The summed E-state index contributed by atoms with van der Waals surface area (Å²) < 4.78 is 3.47. The van der Waals surface area contributed by atoms with E-state index in [1.165, 1.54) is 0 Å². The van der Waals surface area contributed by atoms with E-state index >= 15 is 0 Å². The molecule has 5 nitrogen and oxygen atoms in total. The van der Waals surface area contributed by atoms with Gasteiger partial charge >= 0.3 is 0 Å². The number of nitrogens with two attached hydrogens (primary N) is 2. The van der Waals surface area contributed by atoms with Gasteiger partial charge in [-0.3, -0.25) is 9.48 Å². The standard InChI is InChI=1S/C8H14N4O/c1-2-5-7(10)8(13)11-4-3-6(9)12(5)11/h6H,2-4,9-10H2,1H3. The van der Waals surface area contributed by atoms with Gasteiger partial charge in [-0.15, -0.1) is 0 Å². The van der Waals surface area contributed by atoms with Crippen LogP contribution in [0.15, 0.2) is 4.79 Å². The first-order valence-electron chi connectivity index (χ1n) is 4.52. The number of aromatic nitrogens is 2. The Hall–Kier alpha value is -1.23. The van der Waals surface area contributed by atoms with Crippen molar-refractivity contribution >= 4 is 5.69 Å². The first-order valence-corrected chi connectivity index (χ1v) is 4.52. The lowest BCUT2D eigenvalue weighted by Gasteiger charge is -2.09. The molecule has 1 aliphatic heterocycles. The molecule has 72 valence electrons. The van der Waals surface area contributed by atoms with Crippen LogP contribution in [-0.4, -0.2) is 9.36 Å². The van der Waals surface area contributed by atoms with Crippen molar-refractivity contribution in [2.75, 3.05) is 5.73 Å². The Morgan fingerprint density at radius 1 is 1.62 bits per heavy atom. The largest absolute Gasteiger partial charge is 0.393 e. The van der Waals surface area contributed by atoms with E-state index < -0.39 is 0 Å². The zero-order valence-electron chi connectivity index (χ0n) is 7.66. The monoisotopic (exact) mass is 182 g/mol. The Bertz CT molecular complexity index is 390. The molecule has 1 atom stereocenters. The molecular formula is C8H14N4O. The van der Waals surface area contributed by atoms with Crippen molar-refractivity contribution in [3.05, 3.63) is 16.0 Å². The van der Waals surface area contributed by atoms with Gasteiger partial charge < -0.3 is 11.5 Å². The van der Waals surface area contributed by atoms with E-state index in [2.05, 4.69) is 0 Å². The van der Waals surface area contributed by atoms with Gasteiger partial charge in [0.15, 0.2) is 0 Å². The van der Waals surface area contributed by atoms with Crippen LogP contribution >= 0.6 is 0 Å². The highest BCUT2D eigenvalue weighted by Crippen LogP contribution is 2.20. The Balaban J connectivity index is 2.71. The van der Waals surface area contributed by atoms with Crippen LogP contribution < -0.4 is 17.0 Å². The molecule has 0 saturated carbocycles. The first-order chi connectivity index (χ1) is 6.16. The van der Waals surface area contributed by atoms with Crippen LogP contribution in [0.4, 0.5) is 5.69 Å². The predicted octanol–water partition coefficient (Wildman–Crippen LogP) is -0.345. The van der Waals surface area contributed by atoms with Crippen molar-refractivity contribution < 1.29 is 0 Å². The number of fused-ring (bicyclic) bond motifs is 1. The Labute approximate surface area is 75.9 Å². The van der Waals surface area contributed by atoms with Crippen molar-refractivity contribution in [1.82, 2.24) is 9.36 Å². The number of rotatable bonds is 1. The molecule has 4 N–H and O–H groups in total. The van der Waals surface area contributed by atoms with Gasteiger partial charge in [0.05, 0.1) is 11.9 Å². The maximum atomic E-state index is 11.5. The topological polar surface area (TPSA) is 79.0 Å². The first kappa shape index (κ1) is 8.37. The van der Waals surface area contributed by atoms with Crippen LogP contribution in [0.3, 0.4) is 0 Å². The number of hydrogen-bond donors (Lipinski definition) is 2. The van der Waals surface area contributed by atoms with E-state index in [1.54, 1.807) is 4.68 Å². The summed E-state index contributed by atoms with van der Waals surface area (Å²) >= 11 is 0. The molecule has 5 heteroatoms. The molecule has 1 aromatic rings. The van der Waals surface area contributed by atoms with Gasteiger partial charge in [0.25, 0.3) is 5.56 Å². The van der Waals surface area contributed by atoms with Gasteiger partial charge in [0.2, 0.25) is 0 Å². The summed E-state index contributed by atoms with van der Waals surface area (Å²) in [4.78, 5) is 11.5. The second-order valence-electron chi connectivity index (χ2n) is 3.34. The van der Waals surface area contributed by atoms with E-state index in [0.717, 1.165) is 18.5 Å². The summed E-state index contributed by atoms with van der Waals surface area (Å²) in [6.45, 7) is 2.66. The zero-order valence-corrected chi connectivity index (χ0v) is 7.66. The number of anilines is 1. The fourth-order valence-corrected chi connectivity index (χ4v) is 1.95. The van der Waals surface area contributed by atoms with E-state index in [9.17, 15) is 4.79 Å². The number of hydrogen-bond acceptors (Lipinski definition) is 3. The Morgan fingerprint density at radius 2 is 2.31 bits per heavy atom. The molecule has 1 aromatic heterocycles. The van der Waals surface area contributed by atoms with Crippen molar-refractivity contribution in [2.45, 2.75) is 32.5 Å². The van der Waals surface area contributed by atoms with Crippen LogP contribution in [0.1, 0.15) is 25.2 Å². The molecule has 2 heterocycles. The number of nitrogen functional groups attached to an aromatic ring is 1. The van der Waals surface area contributed by atoms with E-state index in [4.69, 9.17) is 11.5 Å². The smallest absolute Gasteiger partial charge is 0.290 e. The molecule has 1 unspecified atom stereocenters. The Morgan fingerprint density at radius 3 is 2.92 bits per heavy atom.